The first kappa shape index (κ1) is 33.4. The van der Waals surface area contributed by atoms with Crippen LogP contribution < -0.4 is 26.8 Å². The van der Waals surface area contributed by atoms with Crippen molar-refractivity contribution in [2.45, 2.75) is 19.0 Å². The number of nitrogens with one attached hydrogen (secondary N) is 2. The zero-order valence-corrected chi connectivity index (χ0v) is 25.8. The quantitative estimate of drug-likeness (QED) is 0.179. The van der Waals surface area contributed by atoms with Gasteiger partial charge in [-0.2, -0.15) is 22.0 Å². The van der Waals surface area contributed by atoms with Crippen molar-refractivity contribution in [2.75, 3.05) is 45.9 Å². The summed E-state index contributed by atoms with van der Waals surface area (Å²) in [5.74, 6) is -5.77. The molecule has 0 spiro atoms. The summed E-state index contributed by atoms with van der Waals surface area (Å²) in [6.07, 6.45) is -4.28. The molecule has 0 unspecified atom stereocenters. The van der Waals surface area contributed by atoms with Crippen LogP contribution in [0.1, 0.15) is 21.5 Å². The van der Waals surface area contributed by atoms with Crippen molar-refractivity contribution >= 4 is 44.3 Å². The van der Waals surface area contributed by atoms with Crippen molar-refractivity contribution < 1.29 is 35.2 Å². The molecule has 0 aliphatic carbocycles. The van der Waals surface area contributed by atoms with E-state index in [0.717, 1.165) is 12.1 Å². The average Bonchev–Trinajstić information content (AvgIpc) is 3.00. The Kier molecular flexibility index (Phi) is 8.75. The molecule has 2 heterocycles. The number of sulfone groups is 1. The van der Waals surface area contributed by atoms with Gasteiger partial charge in [0.15, 0.2) is 15.7 Å². The number of nitrogens with two attached hydrogens (primary N) is 1. The molecule has 248 valence electrons. The highest BCUT2D eigenvalue weighted by Gasteiger charge is 2.58. The topological polar surface area (TPSA) is 139 Å². The fourth-order valence-electron chi connectivity index (χ4n) is 5.07. The van der Waals surface area contributed by atoms with Crippen LogP contribution in [0.4, 0.5) is 50.5 Å². The summed E-state index contributed by atoms with van der Waals surface area (Å²) >= 11 is 0. The first-order chi connectivity index (χ1) is 22.0. The number of nitrogen functional groups attached to an aromatic ring is 1. The van der Waals surface area contributed by atoms with E-state index >= 15 is 0 Å². The second-order valence-corrected chi connectivity index (χ2v) is 13.3. The molecule has 1 aliphatic rings. The SMILES string of the molecule is Cc1c(NC(=O)c2ccc(C(F)(F)C(F)(F)F)cc2)cccc1-c1cn(C)c(=O)c(Nc2ccc(N3CCS(=O)(=O)CC3)c(N)c2)n1. The van der Waals surface area contributed by atoms with E-state index in [9.17, 15) is 40.0 Å². The summed E-state index contributed by atoms with van der Waals surface area (Å²) in [6, 6.07) is 12.8. The van der Waals surface area contributed by atoms with E-state index in [4.69, 9.17) is 5.73 Å². The summed E-state index contributed by atoms with van der Waals surface area (Å²) in [7, 11) is -1.54. The van der Waals surface area contributed by atoms with Gasteiger partial charge in [-0.05, 0) is 48.9 Å². The molecule has 1 aromatic heterocycles. The molecule has 47 heavy (non-hydrogen) atoms. The van der Waals surface area contributed by atoms with E-state index in [0.29, 0.717) is 64.8 Å². The highest BCUT2D eigenvalue weighted by Crippen LogP contribution is 2.43. The number of hydrogen-bond donors (Lipinski definition) is 3. The number of halogens is 5. The maximum atomic E-state index is 13.6. The van der Waals surface area contributed by atoms with Gasteiger partial charge in [0.25, 0.3) is 11.5 Å². The second kappa shape index (κ2) is 12.3. The number of hydrogen-bond acceptors (Lipinski definition) is 8. The number of rotatable bonds is 7. The minimum absolute atomic E-state index is 0.0224. The average molecular weight is 677 g/mol. The van der Waals surface area contributed by atoms with E-state index in [2.05, 4.69) is 15.6 Å². The molecule has 4 aromatic rings. The molecule has 0 radical (unpaired) electrons. The third-order valence-corrected chi connectivity index (χ3v) is 9.38. The third kappa shape index (κ3) is 6.91. The van der Waals surface area contributed by atoms with Crippen LogP contribution in [0.2, 0.25) is 0 Å². The van der Waals surface area contributed by atoms with Crippen molar-refractivity contribution in [2.24, 2.45) is 7.05 Å². The first-order valence-electron chi connectivity index (χ1n) is 14.1. The Morgan fingerprint density at radius 2 is 1.64 bits per heavy atom. The maximum Gasteiger partial charge on any atom is 0.458 e. The minimum atomic E-state index is -5.78. The van der Waals surface area contributed by atoms with E-state index < -0.39 is 39.0 Å². The Hall–Kier alpha value is -4.99. The van der Waals surface area contributed by atoms with Crippen molar-refractivity contribution in [3.8, 4) is 11.3 Å². The minimum Gasteiger partial charge on any atom is -0.397 e. The standard InChI is InChI=1S/C31H29F5N6O4S/c1-18-22(4-3-5-24(18)40-28(43)19-6-8-20(9-7-19)30(32,33)31(34,35)36)25-17-41(2)29(44)27(39-25)38-21-10-11-26(23(37)16-21)42-12-14-47(45,46)15-13-42/h3-11,16-17H,12-15,37H2,1-2H3,(H,38,39)(H,40,43). The highest BCUT2D eigenvalue weighted by atomic mass is 32.2. The molecule has 1 aliphatic heterocycles. The molecule has 4 N–H and O–H groups in total. The van der Waals surface area contributed by atoms with Gasteiger partial charge in [0.05, 0.1) is 28.6 Å². The van der Waals surface area contributed by atoms with Gasteiger partial charge in [0.2, 0.25) is 0 Å². The number of aryl methyl sites for hydroxylation is 1. The molecule has 1 amide bonds. The molecule has 3 aromatic carbocycles. The molecule has 1 saturated heterocycles. The number of carbonyl (C=O) groups is 1. The van der Waals surface area contributed by atoms with Crippen LogP contribution in [0, 0.1) is 6.92 Å². The van der Waals surface area contributed by atoms with Gasteiger partial charge in [0.1, 0.15) is 0 Å². The van der Waals surface area contributed by atoms with Crippen molar-refractivity contribution in [3.05, 3.63) is 93.9 Å². The van der Waals surface area contributed by atoms with Crippen molar-refractivity contribution in [1.82, 2.24) is 9.55 Å². The second-order valence-electron chi connectivity index (χ2n) is 11.0. The number of anilines is 5. The Balaban J connectivity index is 1.36. The first-order valence-corrected chi connectivity index (χ1v) is 15.9. The van der Waals surface area contributed by atoms with Crippen LogP contribution in [0.25, 0.3) is 11.3 Å². The van der Waals surface area contributed by atoms with Gasteiger partial charge in [-0.15, -0.1) is 0 Å². The molecule has 1 fully saturated rings. The number of aromatic nitrogens is 2. The zero-order chi connectivity index (χ0) is 34.3. The molecular weight excluding hydrogens is 647 g/mol. The zero-order valence-electron chi connectivity index (χ0n) is 25.0. The van der Waals surface area contributed by atoms with Gasteiger partial charge in [-0.3, -0.25) is 9.59 Å². The monoisotopic (exact) mass is 676 g/mol. The van der Waals surface area contributed by atoms with Crippen LogP contribution in [0.15, 0.2) is 71.7 Å². The maximum absolute atomic E-state index is 13.6. The van der Waals surface area contributed by atoms with Crippen LogP contribution in [-0.2, 0) is 22.8 Å². The molecule has 10 nitrogen and oxygen atoms in total. The Morgan fingerprint density at radius 1 is 0.979 bits per heavy atom. The largest absolute Gasteiger partial charge is 0.458 e. The fraction of sp³-hybridized carbons (Fsp3) is 0.258. The van der Waals surface area contributed by atoms with E-state index in [1.165, 1.54) is 17.8 Å². The van der Waals surface area contributed by atoms with Crippen molar-refractivity contribution in [1.29, 1.82) is 0 Å². The lowest BCUT2D eigenvalue weighted by atomic mass is 10.0. The predicted molar refractivity (Wildman–Crippen MR) is 169 cm³/mol. The summed E-state index contributed by atoms with van der Waals surface area (Å²) in [5, 5.41) is 5.62. The fourth-order valence-corrected chi connectivity index (χ4v) is 6.27. The third-order valence-electron chi connectivity index (χ3n) is 7.77. The Bertz CT molecular complexity index is 2000. The lowest BCUT2D eigenvalue weighted by Gasteiger charge is -2.30. The summed E-state index contributed by atoms with van der Waals surface area (Å²) < 4.78 is 90.3. The number of benzene rings is 3. The molecule has 0 atom stereocenters. The number of nitrogens with zero attached hydrogens (tertiary/aromatic N) is 3. The summed E-state index contributed by atoms with van der Waals surface area (Å²) in [5.41, 5.74) is 7.67. The van der Waals surface area contributed by atoms with Gasteiger partial charge >= 0.3 is 12.1 Å². The molecule has 0 saturated carbocycles. The Labute approximate surface area is 266 Å². The molecule has 5 rings (SSSR count). The predicted octanol–water partition coefficient (Wildman–Crippen LogP) is 5.22. The van der Waals surface area contributed by atoms with E-state index in [-0.39, 0.29) is 22.9 Å². The number of carbonyl (C=O) groups excluding carboxylic acids is 1. The van der Waals surface area contributed by atoms with Gasteiger partial charge in [0, 0.05) is 54.4 Å². The van der Waals surface area contributed by atoms with Crippen LogP contribution in [0.3, 0.4) is 0 Å². The Morgan fingerprint density at radius 3 is 2.26 bits per heavy atom. The van der Waals surface area contributed by atoms with E-state index in [1.54, 1.807) is 43.3 Å². The van der Waals surface area contributed by atoms with Crippen LogP contribution >= 0.6 is 0 Å². The van der Waals surface area contributed by atoms with E-state index in [1.807, 2.05) is 4.90 Å². The summed E-state index contributed by atoms with van der Waals surface area (Å²) in [6.45, 7) is 2.31. The van der Waals surface area contributed by atoms with Gasteiger partial charge < -0.3 is 25.8 Å². The molecule has 0 bridgehead atoms. The van der Waals surface area contributed by atoms with Crippen LogP contribution in [-0.4, -0.2) is 54.6 Å². The smallest absolute Gasteiger partial charge is 0.397 e. The lowest BCUT2D eigenvalue weighted by molar-refractivity contribution is -0.289. The molecular formula is C31H29F5N6O4S. The number of amides is 1. The molecule has 16 heteroatoms. The lowest BCUT2D eigenvalue weighted by Crippen LogP contribution is -2.40. The van der Waals surface area contributed by atoms with Gasteiger partial charge in [-0.1, -0.05) is 24.3 Å². The highest BCUT2D eigenvalue weighted by molar-refractivity contribution is 7.91. The normalized spacial score (nSPS) is 14.9. The van der Waals surface area contributed by atoms with Gasteiger partial charge in [-0.25, -0.2) is 13.4 Å². The number of alkyl halides is 5. The summed E-state index contributed by atoms with van der Waals surface area (Å²) in [4.78, 5) is 32.3. The van der Waals surface area contributed by atoms with Crippen LogP contribution in [0.5, 0.6) is 0 Å². The van der Waals surface area contributed by atoms with Crippen molar-refractivity contribution in [3.63, 3.8) is 0 Å².